The van der Waals surface area contributed by atoms with Crippen molar-refractivity contribution in [1.82, 2.24) is 5.32 Å². The van der Waals surface area contributed by atoms with Crippen molar-refractivity contribution in [2.75, 3.05) is 31.6 Å². The number of benzene rings is 1. The highest BCUT2D eigenvalue weighted by Crippen LogP contribution is 2.25. The van der Waals surface area contributed by atoms with Gasteiger partial charge in [0.05, 0.1) is 5.60 Å². The summed E-state index contributed by atoms with van der Waals surface area (Å²) >= 11 is 0. The molecule has 0 atom stereocenters. The van der Waals surface area contributed by atoms with E-state index in [0.717, 1.165) is 25.9 Å². The molecule has 2 rings (SSSR count). The monoisotopic (exact) mass is 220 g/mol. The van der Waals surface area contributed by atoms with Crippen LogP contribution in [0.5, 0.6) is 0 Å². The number of hydrogen-bond donors (Lipinski definition) is 2. The molecule has 0 spiro atoms. The second kappa shape index (κ2) is 4.85. The van der Waals surface area contributed by atoms with Gasteiger partial charge >= 0.3 is 0 Å². The Balaban J connectivity index is 1.95. The van der Waals surface area contributed by atoms with Gasteiger partial charge in [0.15, 0.2) is 0 Å². The van der Waals surface area contributed by atoms with Crippen molar-refractivity contribution in [3.8, 4) is 0 Å². The average Bonchev–Trinajstić information content (AvgIpc) is 2.31. The van der Waals surface area contributed by atoms with Crippen LogP contribution in [0.4, 0.5) is 5.69 Å². The summed E-state index contributed by atoms with van der Waals surface area (Å²) < 4.78 is 0. The van der Waals surface area contributed by atoms with Crippen LogP contribution in [0.2, 0.25) is 0 Å². The molecule has 0 amide bonds. The van der Waals surface area contributed by atoms with Crippen LogP contribution in [0.1, 0.15) is 12.8 Å². The number of hydrogen-bond acceptors (Lipinski definition) is 3. The Morgan fingerprint density at radius 3 is 2.44 bits per heavy atom. The van der Waals surface area contributed by atoms with E-state index in [1.807, 2.05) is 13.1 Å². The molecule has 0 unspecified atom stereocenters. The van der Waals surface area contributed by atoms with E-state index in [9.17, 15) is 5.11 Å². The highest BCUT2D eigenvalue weighted by Gasteiger charge is 2.31. The summed E-state index contributed by atoms with van der Waals surface area (Å²) in [6.07, 6.45) is 1.67. The molecule has 1 saturated heterocycles. The normalized spacial score (nSPS) is 19.8. The van der Waals surface area contributed by atoms with Gasteiger partial charge in [0.1, 0.15) is 0 Å². The number of nitrogens with one attached hydrogen (secondary N) is 1. The van der Waals surface area contributed by atoms with Gasteiger partial charge in [-0.3, -0.25) is 0 Å². The molecule has 88 valence electrons. The first-order valence-corrected chi connectivity index (χ1v) is 5.90. The lowest BCUT2D eigenvalue weighted by molar-refractivity contribution is 0.0185. The second-order valence-corrected chi connectivity index (χ2v) is 4.58. The van der Waals surface area contributed by atoms with Gasteiger partial charge in [-0.25, -0.2) is 0 Å². The molecule has 16 heavy (non-hydrogen) atoms. The lowest BCUT2D eigenvalue weighted by atomic mass is 9.91. The van der Waals surface area contributed by atoms with E-state index in [1.54, 1.807) is 0 Å². The molecule has 0 radical (unpaired) electrons. The van der Waals surface area contributed by atoms with E-state index in [4.69, 9.17) is 0 Å². The minimum Gasteiger partial charge on any atom is -0.388 e. The number of nitrogens with zero attached hydrogens (tertiary/aromatic N) is 1. The Hall–Kier alpha value is -1.06. The highest BCUT2D eigenvalue weighted by molar-refractivity contribution is 5.46. The van der Waals surface area contributed by atoms with Crippen LogP contribution in [-0.2, 0) is 0 Å². The Morgan fingerprint density at radius 2 is 1.88 bits per heavy atom. The van der Waals surface area contributed by atoms with Gasteiger partial charge in [0.2, 0.25) is 0 Å². The molecule has 1 aliphatic rings. The van der Waals surface area contributed by atoms with Crippen molar-refractivity contribution in [2.24, 2.45) is 0 Å². The molecule has 1 heterocycles. The van der Waals surface area contributed by atoms with Crippen molar-refractivity contribution in [1.29, 1.82) is 0 Å². The number of para-hydroxylation sites is 1. The predicted octanol–water partition coefficient (Wildman–Crippen LogP) is 1.24. The zero-order valence-electron chi connectivity index (χ0n) is 9.82. The summed E-state index contributed by atoms with van der Waals surface area (Å²) in [4.78, 5) is 2.34. The maximum Gasteiger partial charge on any atom is 0.0805 e. The molecule has 1 fully saturated rings. The third-order valence-corrected chi connectivity index (χ3v) is 3.32. The first kappa shape index (κ1) is 11.4. The molecule has 3 nitrogen and oxygen atoms in total. The second-order valence-electron chi connectivity index (χ2n) is 4.58. The third-order valence-electron chi connectivity index (χ3n) is 3.32. The van der Waals surface area contributed by atoms with E-state index in [2.05, 4.69) is 34.5 Å². The van der Waals surface area contributed by atoms with Gasteiger partial charge in [-0.1, -0.05) is 18.2 Å². The molecule has 0 bridgehead atoms. The van der Waals surface area contributed by atoms with Crippen molar-refractivity contribution in [2.45, 2.75) is 18.4 Å². The van der Waals surface area contributed by atoms with Gasteiger partial charge in [0.25, 0.3) is 0 Å². The molecule has 1 aliphatic heterocycles. The molecule has 1 aromatic carbocycles. The van der Waals surface area contributed by atoms with Crippen LogP contribution >= 0.6 is 0 Å². The van der Waals surface area contributed by atoms with Crippen LogP contribution in [0.25, 0.3) is 0 Å². The molecule has 0 saturated carbocycles. The fourth-order valence-corrected chi connectivity index (χ4v) is 2.33. The largest absolute Gasteiger partial charge is 0.388 e. The molecule has 0 aromatic heterocycles. The summed E-state index contributed by atoms with van der Waals surface area (Å²) in [6, 6.07) is 10.4. The molecular weight excluding hydrogens is 200 g/mol. The van der Waals surface area contributed by atoms with Crippen LogP contribution < -0.4 is 10.2 Å². The lowest BCUT2D eigenvalue weighted by Gasteiger charge is -2.39. The first-order valence-electron chi connectivity index (χ1n) is 5.90. The smallest absolute Gasteiger partial charge is 0.0805 e. The maximum atomic E-state index is 10.2. The molecule has 0 aliphatic carbocycles. The minimum atomic E-state index is -0.514. The van der Waals surface area contributed by atoms with Gasteiger partial charge in [0, 0.05) is 25.3 Å². The fourth-order valence-electron chi connectivity index (χ4n) is 2.33. The van der Waals surface area contributed by atoms with E-state index >= 15 is 0 Å². The SMILES string of the molecule is CNCC1(O)CCN(c2ccccc2)CC1. The Morgan fingerprint density at radius 1 is 1.25 bits per heavy atom. The van der Waals surface area contributed by atoms with Crippen LogP contribution in [0.15, 0.2) is 30.3 Å². The standard InChI is InChI=1S/C13H20N2O/c1-14-11-13(16)7-9-15(10-8-13)12-5-3-2-4-6-12/h2-6,14,16H,7-11H2,1H3. The van der Waals surface area contributed by atoms with E-state index < -0.39 is 5.60 Å². The zero-order chi connectivity index (χ0) is 11.4. The summed E-state index contributed by atoms with van der Waals surface area (Å²) in [5.41, 5.74) is 0.744. The number of rotatable bonds is 3. The molecule has 2 N–H and O–H groups in total. The summed E-state index contributed by atoms with van der Waals surface area (Å²) in [6.45, 7) is 2.56. The quantitative estimate of drug-likeness (QED) is 0.804. The number of anilines is 1. The van der Waals surface area contributed by atoms with Crippen LogP contribution in [-0.4, -0.2) is 37.4 Å². The molecular formula is C13H20N2O. The van der Waals surface area contributed by atoms with Crippen LogP contribution in [0, 0.1) is 0 Å². The highest BCUT2D eigenvalue weighted by atomic mass is 16.3. The zero-order valence-corrected chi connectivity index (χ0v) is 9.82. The van der Waals surface area contributed by atoms with Crippen molar-refractivity contribution >= 4 is 5.69 Å². The van der Waals surface area contributed by atoms with E-state index in [-0.39, 0.29) is 0 Å². The number of likely N-dealkylation sites (N-methyl/N-ethyl adjacent to an activating group) is 1. The van der Waals surface area contributed by atoms with Crippen molar-refractivity contribution in [3.63, 3.8) is 0 Å². The van der Waals surface area contributed by atoms with Gasteiger partial charge < -0.3 is 15.3 Å². The fraction of sp³-hybridized carbons (Fsp3) is 0.538. The van der Waals surface area contributed by atoms with Gasteiger partial charge in [-0.05, 0) is 32.0 Å². The minimum absolute atomic E-state index is 0.514. The van der Waals surface area contributed by atoms with E-state index in [1.165, 1.54) is 5.69 Å². The Labute approximate surface area is 97.1 Å². The van der Waals surface area contributed by atoms with Crippen LogP contribution in [0.3, 0.4) is 0 Å². The van der Waals surface area contributed by atoms with E-state index in [0.29, 0.717) is 6.54 Å². The first-order chi connectivity index (χ1) is 7.73. The maximum absolute atomic E-state index is 10.2. The summed E-state index contributed by atoms with van der Waals surface area (Å²) in [7, 11) is 1.89. The lowest BCUT2D eigenvalue weighted by Crippen LogP contribution is -2.49. The number of piperidine rings is 1. The third kappa shape index (κ3) is 2.54. The summed E-state index contributed by atoms with van der Waals surface area (Å²) in [5, 5.41) is 13.3. The van der Waals surface area contributed by atoms with Crippen molar-refractivity contribution in [3.05, 3.63) is 30.3 Å². The molecule has 1 aromatic rings. The average molecular weight is 220 g/mol. The van der Waals surface area contributed by atoms with Gasteiger partial charge in [-0.2, -0.15) is 0 Å². The topological polar surface area (TPSA) is 35.5 Å². The molecule has 3 heteroatoms. The van der Waals surface area contributed by atoms with Gasteiger partial charge in [-0.15, -0.1) is 0 Å². The van der Waals surface area contributed by atoms with Crippen molar-refractivity contribution < 1.29 is 5.11 Å². The number of aliphatic hydroxyl groups is 1. The summed E-state index contributed by atoms with van der Waals surface area (Å²) in [5.74, 6) is 0. The Bertz CT molecular complexity index is 318. The Kier molecular flexibility index (Phi) is 3.46. The predicted molar refractivity (Wildman–Crippen MR) is 66.8 cm³/mol.